The Balaban J connectivity index is 3.73. The summed E-state index contributed by atoms with van der Waals surface area (Å²) in [4.78, 5) is 11.2. The van der Waals surface area contributed by atoms with Crippen LogP contribution in [0.3, 0.4) is 0 Å². The molecule has 1 nitrogen and oxygen atoms in total. The van der Waals surface area contributed by atoms with Crippen LogP contribution in [0.25, 0.3) is 0 Å². The molecule has 70 valence electrons. The van der Waals surface area contributed by atoms with Crippen LogP contribution in [-0.4, -0.2) is 5.78 Å². The third-order valence-corrected chi connectivity index (χ3v) is 2.18. The Bertz CT molecular complexity index is 143. The van der Waals surface area contributed by atoms with Crippen molar-refractivity contribution in [2.75, 3.05) is 0 Å². The second kappa shape index (κ2) is 7.08. The van der Waals surface area contributed by atoms with Gasteiger partial charge in [0.25, 0.3) is 0 Å². The Kier molecular flexibility index (Phi) is 6.73. The van der Waals surface area contributed by atoms with Crippen molar-refractivity contribution in [3.8, 4) is 0 Å². The molecule has 0 aromatic heterocycles. The van der Waals surface area contributed by atoms with Gasteiger partial charge in [-0.1, -0.05) is 39.7 Å². The maximum absolute atomic E-state index is 11.2. The Hall–Kier alpha value is -0.590. The zero-order valence-electron chi connectivity index (χ0n) is 8.47. The number of allylic oxidation sites excluding steroid dienone is 2. The molecule has 0 atom stereocenters. The van der Waals surface area contributed by atoms with E-state index in [0.29, 0.717) is 5.92 Å². The zero-order valence-corrected chi connectivity index (χ0v) is 8.47. The van der Waals surface area contributed by atoms with Gasteiger partial charge >= 0.3 is 0 Å². The summed E-state index contributed by atoms with van der Waals surface area (Å²) in [5.74, 6) is 0.865. The first-order valence-corrected chi connectivity index (χ1v) is 4.93. The van der Waals surface area contributed by atoms with Crippen LogP contribution in [0.1, 0.15) is 46.5 Å². The van der Waals surface area contributed by atoms with Gasteiger partial charge in [-0.25, -0.2) is 0 Å². The van der Waals surface area contributed by atoms with E-state index in [2.05, 4.69) is 13.8 Å². The van der Waals surface area contributed by atoms with Crippen molar-refractivity contribution in [3.05, 3.63) is 12.2 Å². The summed E-state index contributed by atoms with van der Waals surface area (Å²) in [6.07, 6.45) is 7.56. The summed E-state index contributed by atoms with van der Waals surface area (Å²) in [5, 5.41) is 0. The van der Waals surface area contributed by atoms with Crippen molar-refractivity contribution in [1.29, 1.82) is 0 Å². The Morgan fingerprint density at radius 1 is 1.25 bits per heavy atom. The van der Waals surface area contributed by atoms with E-state index in [-0.39, 0.29) is 5.78 Å². The van der Waals surface area contributed by atoms with Crippen molar-refractivity contribution in [2.24, 2.45) is 5.92 Å². The molecule has 1 heteroatoms. The molecule has 0 fully saturated rings. The molecule has 0 aliphatic heterocycles. The zero-order chi connectivity index (χ0) is 9.40. The third-order valence-electron chi connectivity index (χ3n) is 2.18. The molecule has 0 rings (SSSR count). The molecule has 0 aliphatic carbocycles. The van der Waals surface area contributed by atoms with Crippen molar-refractivity contribution >= 4 is 5.78 Å². The quantitative estimate of drug-likeness (QED) is 0.556. The average molecular weight is 168 g/mol. The topological polar surface area (TPSA) is 17.1 Å². The summed E-state index contributed by atoms with van der Waals surface area (Å²) in [6, 6.07) is 0. The monoisotopic (exact) mass is 168 g/mol. The molecular formula is C11H20O. The summed E-state index contributed by atoms with van der Waals surface area (Å²) in [5.41, 5.74) is 0. The van der Waals surface area contributed by atoms with Crippen LogP contribution in [-0.2, 0) is 4.79 Å². The molecule has 0 amide bonds. The predicted molar refractivity (Wildman–Crippen MR) is 53.1 cm³/mol. The van der Waals surface area contributed by atoms with E-state index < -0.39 is 0 Å². The number of ketones is 1. The van der Waals surface area contributed by atoms with E-state index in [1.807, 2.05) is 13.0 Å². The molecule has 0 N–H and O–H groups in total. The Morgan fingerprint density at radius 3 is 2.25 bits per heavy atom. The summed E-state index contributed by atoms with van der Waals surface area (Å²) in [6.45, 7) is 6.33. The fourth-order valence-electron chi connectivity index (χ4n) is 1.18. The van der Waals surface area contributed by atoms with E-state index >= 15 is 0 Å². The molecule has 0 saturated carbocycles. The van der Waals surface area contributed by atoms with Crippen LogP contribution in [0.2, 0.25) is 0 Å². The van der Waals surface area contributed by atoms with Crippen LogP contribution in [0, 0.1) is 5.92 Å². The van der Waals surface area contributed by atoms with Gasteiger partial charge < -0.3 is 0 Å². The summed E-state index contributed by atoms with van der Waals surface area (Å²) < 4.78 is 0. The van der Waals surface area contributed by atoms with Gasteiger partial charge in [0.2, 0.25) is 0 Å². The average Bonchev–Trinajstić information content (AvgIpc) is 2.10. The second-order valence-electron chi connectivity index (χ2n) is 3.16. The Labute approximate surface area is 75.9 Å². The van der Waals surface area contributed by atoms with Crippen molar-refractivity contribution in [2.45, 2.75) is 46.5 Å². The molecular weight excluding hydrogens is 148 g/mol. The van der Waals surface area contributed by atoms with Gasteiger partial charge in [-0.2, -0.15) is 0 Å². The molecule has 0 aliphatic rings. The van der Waals surface area contributed by atoms with E-state index in [0.717, 1.165) is 25.7 Å². The first-order valence-electron chi connectivity index (χ1n) is 4.93. The number of carbonyl (C=O) groups excluding carboxylic acids is 1. The summed E-state index contributed by atoms with van der Waals surface area (Å²) in [7, 11) is 0. The molecule has 0 saturated heterocycles. The second-order valence-corrected chi connectivity index (χ2v) is 3.16. The van der Waals surface area contributed by atoms with Crippen molar-refractivity contribution < 1.29 is 4.79 Å². The fourth-order valence-corrected chi connectivity index (χ4v) is 1.18. The first kappa shape index (κ1) is 11.4. The van der Waals surface area contributed by atoms with E-state index in [9.17, 15) is 4.79 Å². The highest BCUT2D eigenvalue weighted by atomic mass is 16.1. The van der Waals surface area contributed by atoms with Crippen LogP contribution in [0.4, 0.5) is 0 Å². The maximum Gasteiger partial charge on any atom is 0.155 e. The number of rotatable bonds is 6. The standard InChI is InChI=1S/C11H20O/c1-4-7-8-11(12)9-10(5-2)6-3/h7-8,10H,4-6,9H2,1-3H3/b8-7+. The Morgan fingerprint density at radius 2 is 1.83 bits per heavy atom. The summed E-state index contributed by atoms with van der Waals surface area (Å²) >= 11 is 0. The number of hydrogen-bond donors (Lipinski definition) is 0. The van der Waals surface area contributed by atoms with Crippen LogP contribution in [0.15, 0.2) is 12.2 Å². The van der Waals surface area contributed by atoms with Crippen molar-refractivity contribution in [1.82, 2.24) is 0 Å². The first-order chi connectivity index (χ1) is 5.74. The molecule has 0 radical (unpaired) electrons. The largest absolute Gasteiger partial charge is 0.295 e. The molecule has 0 aromatic carbocycles. The third kappa shape index (κ3) is 5.11. The van der Waals surface area contributed by atoms with Crippen LogP contribution < -0.4 is 0 Å². The molecule has 12 heavy (non-hydrogen) atoms. The fraction of sp³-hybridized carbons (Fsp3) is 0.727. The van der Waals surface area contributed by atoms with Crippen LogP contribution in [0.5, 0.6) is 0 Å². The van der Waals surface area contributed by atoms with Crippen molar-refractivity contribution in [3.63, 3.8) is 0 Å². The van der Waals surface area contributed by atoms with Gasteiger partial charge in [-0.3, -0.25) is 4.79 Å². The van der Waals surface area contributed by atoms with Gasteiger partial charge in [-0.05, 0) is 18.4 Å². The van der Waals surface area contributed by atoms with Gasteiger partial charge in [0.05, 0.1) is 0 Å². The highest BCUT2D eigenvalue weighted by Gasteiger charge is 2.06. The number of hydrogen-bond acceptors (Lipinski definition) is 1. The lowest BCUT2D eigenvalue weighted by Crippen LogP contribution is -2.04. The molecule has 0 heterocycles. The normalized spacial score (nSPS) is 11.3. The van der Waals surface area contributed by atoms with Gasteiger partial charge in [0.1, 0.15) is 0 Å². The SMILES string of the molecule is CC/C=C/C(=O)CC(CC)CC. The predicted octanol–water partition coefficient (Wildman–Crippen LogP) is 3.35. The minimum atomic E-state index is 0.283. The van der Waals surface area contributed by atoms with Gasteiger partial charge in [0, 0.05) is 6.42 Å². The lowest BCUT2D eigenvalue weighted by molar-refractivity contribution is -0.115. The van der Waals surface area contributed by atoms with E-state index in [4.69, 9.17) is 0 Å². The molecule has 0 aromatic rings. The lowest BCUT2D eigenvalue weighted by Gasteiger charge is -2.08. The van der Waals surface area contributed by atoms with E-state index in [1.165, 1.54) is 0 Å². The van der Waals surface area contributed by atoms with E-state index in [1.54, 1.807) is 6.08 Å². The lowest BCUT2D eigenvalue weighted by atomic mass is 9.97. The minimum Gasteiger partial charge on any atom is -0.295 e. The number of carbonyl (C=O) groups is 1. The highest BCUT2D eigenvalue weighted by molar-refractivity contribution is 5.89. The van der Waals surface area contributed by atoms with Gasteiger partial charge in [0.15, 0.2) is 5.78 Å². The van der Waals surface area contributed by atoms with Gasteiger partial charge in [-0.15, -0.1) is 0 Å². The minimum absolute atomic E-state index is 0.283. The highest BCUT2D eigenvalue weighted by Crippen LogP contribution is 2.12. The molecule has 0 unspecified atom stereocenters. The smallest absolute Gasteiger partial charge is 0.155 e. The van der Waals surface area contributed by atoms with Crippen LogP contribution >= 0.6 is 0 Å². The maximum atomic E-state index is 11.2. The molecule has 0 spiro atoms. The molecule has 0 bridgehead atoms.